The van der Waals surface area contributed by atoms with E-state index in [1.807, 2.05) is 52.0 Å². The second-order valence-electron chi connectivity index (χ2n) is 8.69. The Labute approximate surface area is 218 Å². The van der Waals surface area contributed by atoms with E-state index in [1.54, 1.807) is 42.1 Å². The van der Waals surface area contributed by atoms with Crippen LogP contribution in [0.4, 0.5) is 15.8 Å². The van der Waals surface area contributed by atoms with Crippen LogP contribution in [-0.4, -0.2) is 32.6 Å². The third kappa shape index (κ3) is 7.46. The Morgan fingerprint density at radius 2 is 2.05 bits per heavy atom. The maximum Gasteiger partial charge on any atom is 0.292 e. The Morgan fingerprint density at radius 1 is 1.32 bits per heavy atom. The summed E-state index contributed by atoms with van der Waals surface area (Å²) in [5.74, 6) is 0. The number of hydrogen-bond donors (Lipinski definition) is 1. The summed E-state index contributed by atoms with van der Waals surface area (Å²) < 4.78 is 15.8. The molecule has 0 aliphatic heterocycles. The summed E-state index contributed by atoms with van der Waals surface area (Å²) in [5, 5.41) is 23.5. The lowest BCUT2D eigenvalue weighted by Crippen LogP contribution is -2.25. The van der Waals surface area contributed by atoms with E-state index in [9.17, 15) is 14.5 Å². The molecule has 7 nitrogen and oxygen atoms in total. The van der Waals surface area contributed by atoms with Crippen molar-refractivity contribution in [1.29, 1.82) is 0 Å². The number of nitrogens with one attached hydrogen (secondary N) is 1. The summed E-state index contributed by atoms with van der Waals surface area (Å²) >= 11 is 0. The lowest BCUT2D eigenvalue weighted by atomic mass is 9.92. The molecule has 0 saturated carbocycles. The van der Waals surface area contributed by atoms with E-state index < -0.39 is 17.6 Å². The van der Waals surface area contributed by atoms with Crippen LogP contribution in [0.25, 0.3) is 11.3 Å². The predicted molar refractivity (Wildman–Crippen MR) is 150 cm³/mol. The molecule has 37 heavy (non-hydrogen) atoms. The first kappa shape index (κ1) is 29.2. The number of halogens is 1. The Hall–Kier alpha value is -4.07. The number of aromatic nitrogens is 3. The highest BCUT2D eigenvalue weighted by atomic mass is 19.1. The molecule has 0 aliphatic rings. The van der Waals surface area contributed by atoms with Crippen molar-refractivity contribution in [3.63, 3.8) is 0 Å². The fraction of sp³-hybridized carbons (Fsp3) is 0.310. The molecular formula is C29H36FN5O2. The summed E-state index contributed by atoms with van der Waals surface area (Å²) in [5.41, 5.74) is 5.57. The van der Waals surface area contributed by atoms with Gasteiger partial charge in [0.05, 0.1) is 22.4 Å². The Morgan fingerprint density at radius 3 is 2.59 bits per heavy atom. The highest BCUT2D eigenvalue weighted by molar-refractivity contribution is 5.74. The second-order valence-corrected chi connectivity index (χ2v) is 8.69. The van der Waals surface area contributed by atoms with E-state index >= 15 is 0 Å². The van der Waals surface area contributed by atoms with Crippen LogP contribution in [0.15, 0.2) is 89.6 Å². The minimum Gasteiger partial charge on any atom is -0.369 e. The largest absolute Gasteiger partial charge is 0.369 e. The van der Waals surface area contributed by atoms with Gasteiger partial charge in [0.15, 0.2) is 0 Å². The van der Waals surface area contributed by atoms with Crippen molar-refractivity contribution in [2.45, 2.75) is 47.1 Å². The van der Waals surface area contributed by atoms with Gasteiger partial charge in [-0.2, -0.15) is 0 Å². The van der Waals surface area contributed by atoms with Gasteiger partial charge in [0.1, 0.15) is 12.4 Å². The number of hydrogen-bond acceptors (Lipinski definition) is 5. The van der Waals surface area contributed by atoms with Gasteiger partial charge in [0.25, 0.3) is 5.69 Å². The number of anilines is 1. The molecule has 0 spiro atoms. The minimum absolute atomic E-state index is 0.0839. The first-order chi connectivity index (χ1) is 17.7. The average Bonchev–Trinajstić information content (AvgIpc) is 3.22. The molecule has 1 atom stereocenters. The fourth-order valence-corrected chi connectivity index (χ4v) is 3.88. The van der Waals surface area contributed by atoms with E-state index in [0.29, 0.717) is 22.5 Å². The molecule has 1 unspecified atom stereocenters. The van der Waals surface area contributed by atoms with Crippen molar-refractivity contribution in [1.82, 2.24) is 15.0 Å². The molecule has 1 aromatic carbocycles. The Bertz CT molecular complexity index is 1260. The quantitative estimate of drug-likeness (QED) is 0.185. The van der Waals surface area contributed by atoms with Crippen LogP contribution in [0.5, 0.6) is 0 Å². The molecule has 0 radical (unpaired) electrons. The van der Waals surface area contributed by atoms with Crippen molar-refractivity contribution < 1.29 is 9.31 Å². The van der Waals surface area contributed by atoms with Crippen LogP contribution < -0.4 is 5.32 Å². The zero-order valence-corrected chi connectivity index (χ0v) is 22.5. The van der Waals surface area contributed by atoms with Gasteiger partial charge in [0, 0.05) is 18.7 Å². The molecule has 0 aliphatic carbocycles. The maximum absolute atomic E-state index is 14.2. The fourth-order valence-electron chi connectivity index (χ4n) is 3.88. The van der Waals surface area contributed by atoms with Gasteiger partial charge in [-0.25, -0.2) is 9.07 Å². The molecule has 196 valence electrons. The molecule has 2 rings (SSSR count). The number of nitrogens with zero attached hydrogens (tertiary/aromatic N) is 4. The minimum atomic E-state index is -0.691. The van der Waals surface area contributed by atoms with Crippen LogP contribution in [0.1, 0.15) is 39.8 Å². The normalized spacial score (nSPS) is 14.2. The molecule has 8 heteroatoms. The number of aryl methyl sites for hydroxylation is 2. The van der Waals surface area contributed by atoms with Crippen molar-refractivity contribution in [3.8, 4) is 11.3 Å². The van der Waals surface area contributed by atoms with Gasteiger partial charge >= 0.3 is 0 Å². The molecule has 0 fully saturated rings. The molecule has 2 aromatic rings. The first-order valence-corrected chi connectivity index (χ1v) is 12.1. The van der Waals surface area contributed by atoms with Gasteiger partial charge in [-0.05, 0) is 63.0 Å². The highest BCUT2D eigenvalue weighted by Crippen LogP contribution is 2.34. The standard InChI is InChI=1S/C29H36FN5O2/c1-8-11-13-23(17-20(4)10-3)28(21(5)25(19-30)14-12-9-2)31-26-18-24(15-16-27(26)35(36)37)29-22(6)32-33-34(29)7/h8-9,11-18,28,31H,2,10,19H2,1,3-7H3/b11-8-,14-12-,20-17+,23-13+,25-21-. The van der Waals surface area contributed by atoms with Gasteiger partial charge in [-0.3, -0.25) is 10.1 Å². The smallest absolute Gasteiger partial charge is 0.292 e. The van der Waals surface area contributed by atoms with Gasteiger partial charge in [-0.15, -0.1) is 5.10 Å². The van der Waals surface area contributed by atoms with Crippen molar-refractivity contribution in [3.05, 3.63) is 105 Å². The zero-order chi connectivity index (χ0) is 27.5. The van der Waals surface area contributed by atoms with Crippen LogP contribution in [0.2, 0.25) is 0 Å². The first-order valence-electron chi connectivity index (χ1n) is 12.1. The van der Waals surface area contributed by atoms with Gasteiger partial charge in [-0.1, -0.05) is 66.8 Å². The lowest BCUT2D eigenvalue weighted by Gasteiger charge is -2.25. The summed E-state index contributed by atoms with van der Waals surface area (Å²) in [6.07, 6.45) is 13.6. The van der Waals surface area contributed by atoms with Crippen LogP contribution in [0, 0.1) is 17.0 Å². The topological polar surface area (TPSA) is 85.9 Å². The van der Waals surface area contributed by atoms with E-state index in [4.69, 9.17) is 0 Å². The number of alkyl halides is 1. The molecular weight excluding hydrogens is 469 g/mol. The van der Waals surface area contributed by atoms with Gasteiger partial charge < -0.3 is 5.32 Å². The Kier molecular flexibility index (Phi) is 10.9. The summed E-state index contributed by atoms with van der Waals surface area (Å²) in [7, 11) is 1.77. The monoisotopic (exact) mass is 505 g/mol. The second kappa shape index (κ2) is 13.9. The molecule has 1 N–H and O–H groups in total. The summed E-state index contributed by atoms with van der Waals surface area (Å²) in [6.45, 7) is 12.7. The van der Waals surface area contributed by atoms with E-state index in [-0.39, 0.29) is 5.69 Å². The summed E-state index contributed by atoms with van der Waals surface area (Å²) in [6, 6.07) is 4.33. The number of rotatable bonds is 12. The van der Waals surface area contributed by atoms with Gasteiger partial charge in [0.2, 0.25) is 0 Å². The third-order valence-electron chi connectivity index (χ3n) is 6.06. The summed E-state index contributed by atoms with van der Waals surface area (Å²) in [4.78, 5) is 11.6. The molecule has 0 amide bonds. The zero-order valence-electron chi connectivity index (χ0n) is 22.5. The average molecular weight is 506 g/mol. The van der Waals surface area contributed by atoms with Crippen LogP contribution in [0.3, 0.4) is 0 Å². The van der Waals surface area contributed by atoms with Crippen LogP contribution >= 0.6 is 0 Å². The third-order valence-corrected chi connectivity index (χ3v) is 6.06. The molecule has 0 saturated heterocycles. The SMILES string of the molecule is C=C/C=C\C(CF)=C(/C)C(Nc1cc(-c2c(C)nnn2C)ccc1[N+](=O)[O-])C(/C=C(\C)CC)=C/C=C\C. The lowest BCUT2D eigenvalue weighted by molar-refractivity contribution is -0.384. The maximum atomic E-state index is 14.2. The van der Waals surface area contributed by atoms with E-state index in [0.717, 1.165) is 28.8 Å². The molecule has 1 heterocycles. The van der Waals surface area contributed by atoms with E-state index in [1.165, 1.54) is 6.07 Å². The number of allylic oxidation sites excluding steroid dienone is 8. The number of nitro benzene ring substituents is 1. The molecule has 1 aromatic heterocycles. The van der Waals surface area contributed by atoms with Crippen molar-refractivity contribution in [2.24, 2.45) is 7.05 Å². The highest BCUT2D eigenvalue weighted by Gasteiger charge is 2.24. The Balaban J connectivity index is 2.83. The predicted octanol–water partition coefficient (Wildman–Crippen LogP) is 7.37. The number of benzene rings is 1. The van der Waals surface area contributed by atoms with E-state index in [2.05, 4.69) is 29.1 Å². The number of nitro groups is 1. The van der Waals surface area contributed by atoms with Crippen molar-refractivity contribution >= 4 is 11.4 Å². The van der Waals surface area contributed by atoms with Crippen LogP contribution in [-0.2, 0) is 7.05 Å². The molecule has 0 bridgehead atoms. The van der Waals surface area contributed by atoms with Crippen molar-refractivity contribution in [2.75, 3.05) is 12.0 Å².